The predicted octanol–water partition coefficient (Wildman–Crippen LogP) is 6.74. The van der Waals surface area contributed by atoms with Crippen LogP contribution in [0.1, 0.15) is 76.7 Å². The summed E-state index contributed by atoms with van der Waals surface area (Å²) in [6, 6.07) is 5.74. The van der Waals surface area contributed by atoms with Gasteiger partial charge in [-0.3, -0.25) is 14.7 Å². The highest BCUT2D eigenvalue weighted by atomic mass is 16.6. The first kappa shape index (κ1) is 24.0. The molecule has 182 valence electrons. The standard InChI is InChI=1S/C27H36N4O3/c1-6-7-18(3)34-27(32)29-22-13-12-21(16-23(22)33-5)24-25-19(4)28-14-15-31(25)26(30-24)20-10-8-17(2)9-11-20/h12-18,20H,6-11H2,1-5H3,(H,29,32). The molecule has 0 saturated heterocycles. The fourth-order valence-electron chi connectivity index (χ4n) is 4.96. The highest BCUT2D eigenvalue weighted by molar-refractivity contribution is 5.89. The highest BCUT2D eigenvalue weighted by Crippen LogP contribution is 2.39. The van der Waals surface area contributed by atoms with Crippen molar-refractivity contribution in [1.82, 2.24) is 14.4 Å². The minimum absolute atomic E-state index is 0.135. The number of fused-ring (bicyclic) bond motifs is 1. The second-order valence-electron chi connectivity index (χ2n) is 9.55. The summed E-state index contributed by atoms with van der Waals surface area (Å²) in [6.45, 7) is 8.32. The fourth-order valence-corrected chi connectivity index (χ4v) is 4.96. The van der Waals surface area contributed by atoms with Gasteiger partial charge in [-0.1, -0.05) is 39.2 Å². The molecule has 1 aliphatic carbocycles. The molecule has 0 bridgehead atoms. The summed E-state index contributed by atoms with van der Waals surface area (Å²) in [5.41, 5.74) is 4.35. The lowest BCUT2D eigenvalue weighted by Gasteiger charge is -2.25. The van der Waals surface area contributed by atoms with Crippen molar-refractivity contribution in [2.75, 3.05) is 12.4 Å². The minimum Gasteiger partial charge on any atom is -0.495 e. The van der Waals surface area contributed by atoms with Crippen LogP contribution >= 0.6 is 0 Å². The number of aryl methyl sites for hydroxylation is 1. The van der Waals surface area contributed by atoms with Gasteiger partial charge in [0.15, 0.2) is 0 Å². The molecule has 7 heteroatoms. The zero-order valence-electron chi connectivity index (χ0n) is 20.9. The Morgan fingerprint density at radius 2 is 2.03 bits per heavy atom. The van der Waals surface area contributed by atoms with Crippen molar-refractivity contribution < 1.29 is 14.3 Å². The molecule has 1 N–H and O–H groups in total. The van der Waals surface area contributed by atoms with E-state index in [-0.39, 0.29) is 6.10 Å². The predicted molar refractivity (Wildman–Crippen MR) is 135 cm³/mol. The van der Waals surface area contributed by atoms with Gasteiger partial charge in [0.2, 0.25) is 0 Å². The van der Waals surface area contributed by atoms with E-state index in [2.05, 4.69) is 28.5 Å². The number of benzene rings is 1. The number of carbonyl (C=O) groups is 1. The number of amides is 1. The van der Waals surface area contributed by atoms with Crippen molar-refractivity contribution in [3.8, 4) is 17.0 Å². The van der Waals surface area contributed by atoms with E-state index in [9.17, 15) is 4.79 Å². The van der Waals surface area contributed by atoms with Gasteiger partial charge < -0.3 is 9.47 Å². The van der Waals surface area contributed by atoms with Crippen LogP contribution in [0.25, 0.3) is 16.8 Å². The number of hydrogen-bond donors (Lipinski definition) is 1. The number of imidazole rings is 1. The summed E-state index contributed by atoms with van der Waals surface area (Å²) in [6.07, 6.45) is 9.83. The second-order valence-corrected chi connectivity index (χ2v) is 9.55. The molecule has 2 aromatic heterocycles. The van der Waals surface area contributed by atoms with E-state index < -0.39 is 6.09 Å². The Labute approximate surface area is 201 Å². The van der Waals surface area contributed by atoms with E-state index in [4.69, 9.17) is 14.5 Å². The summed E-state index contributed by atoms with van der Waals surface area (Å²) in [7, 11) is 1.60. The maximum atomic E-state index is 12.3. The number of rotatable bonds is 7. The number of nitrogens with zero attached hydrogens (tertiary/aromatic N) is 3. The van der Waals surface area contributed by atoms with Gasteiger partial charge in [0.25, 0.3) is 0 Å². The van der Waals surface area contributed by atoms with Crippen LogP contribution in [0.2, 0.25) is 0 Å². The van der Waals surface area contributed by atoms with Gasteiger partial charge in [0.1, 0.15) is 17.7 Å². The average Bonchev–Trinajstić information content (AvgIpc) is 3.21. The van der Waals surface area contributed by atoms with E-state index >= 15 is 0 Å². The Bertz CT molecular complexity index is 1150. The molecule has 2 heterocycles. The zero-order chi connectivity index (χ0) is 24.2. The Morgan fingerprint density at radius 1 is 1.26 bits per heavy atom. The smallest absolute Gasteiger partial charge is 0.412 e. The number of nitrogens with one attached hydrogen (secondary N) is 1. The van der Waals surface area contributed by atoms with Gasteiger partial charge in [-0.05, 0) is 51.2 Å². The van der Waals surface area contributed by atoms with Crippen LogP contribution in [0, 0.1) is 12.8 Å². The van der Waals surface area contributed by atoms with Crippen LogP contribution in [0.5, 0.6) is 5.75 Å². The summed E-state index contributed by atoms with van der Waals surface area (Å²) in [4.78, 5) is 22.0. The lowest BCUT2D eigenvalue weighted by Crippen LogP contribution is -2.20. The van der Waals surface area contributed by atoms with E-state index in [1.54, 1.807) is 7.11 Å². The molecule has 3 aromatic rings. The number of anilines is 1. The molecular formula is C27H36N4O3. The van der Waals surface area contributed by atoms with Crippen molar-refractivity contribution in [2.24, 2.45) is 5.92 Å². The van der Waals surface area contributed by atoms with Crippen LogP contribution < -0.4 is 10.1 Å². The normalized spacial score (nSPS) is 19.1. The largest absolute Gasteiger partial charge is 0.495 e. The van der Waals surface area contributed by atoms with Crippen LogP contribution in [-0.4, -0.2) is 33.7 Å². The van der Waals surface area contributed by atoms with Crippen molar-refractivity contribution in [3.05, 3.63) is 42.1 Å². The molecule has 0 aliphatic heterocycles. The molecule has 1 atom stereocenters. The molecule has 0 radical (unpaired) electrons. The third-order valence-electron chi connectivity index (χ3n) is 6.86. The summed E-state index contributed by atoms with van der Waals surface area (Å²) in [5, 5.41) is 2.81. The van der Waals surface area contributed by atoms with Crippen LogP contribution in [0.3, 0.4) is 0 Å². The number of aromatic nitrogens is 3. The van der Waals surface area contributed by atoms with Gasteiger partial charge >= 0.3 is 6.09 Å². The molecule has 1 aliphatic rings. The molecule has 1 saturated carbocycles. The molecule has 7 nitrogen and oxygen atoms in total. The van der Waals surface area contributed by atoms with Crippen LogP contribution in [0.15, 0.2) is 30.6 Å². The van der Waals surface area contributed by atoms with Gasteiger partial charge in [-0.2, -0.15) is 0 Å². The van der Waals surface area contributed by atoms with Gasteiger partial charge in [-0.25, -0.2) is 9.78 Å². The van der Waals surface area contributed by atoms with E-state index in [0.29, 0.717) is 17.4 Å². The Kier molecular flexibility index (Phi) is 7.39. The highest BCUT2D eigenvalue weighted by Gasteiger charge is 2.26. The zero-order valence-corrected chi connectivity index (χ0v) is 20.9. The first-order chi connectivity index (χ1) is 16.4. The Balaban J connectivity index is 1.67. The molecular weight excluding hydrogens is 428 g/mol. The Hall–Kier alpha value is -3.09. The summed E-state index contributed by atoms with van der Waals surface area (Å²) < 4.78 is 13.3. The topological polar surface area (TPSA) is 77.8 Å². The molecule has 1 aromatic carbocycles. The van der Waals surface area contributed by atoms with Crippen molar-refractivity contribution in [1.29, 1.82) is 0 Å². The van der Waals surface area contributed by atoms with Crippen LogP contribution in [-0.2, 0) is 4.74 Å². The maximum absolute atomic E-state index is 12.3. The van der Waals surface area contributed by atoms with Crippen molar-refractivity contribution in [2.45, 2.75) is 78.2 Å². The molecule has 1 fully saturated rings. The average molecular weight is 465 g/mol. The van der Waals surface area contributed by atoms with E-state index in [0.717, 1.165) is 59.9 Å². The lowest BCUT2D eigenvalue weighted by molar-refractivity contribution is 0.115. The first-order valence-corrected chi connectivity index (χ1v) is 12.4. The number of ether oxygens (including phenoxy) is 2. The monoisotopic (exact) mass is 464 g/mol. The molecule has 4 rings (SSSR count). The molecule has 0 spiro atoms. The molecule has 34 heavy (non-hydrogen) atoms. The van der Waals surface area contributed by atoms with Gasteiger partial charge in [-0.15, -0.1) is 0 Å². The number of hydrogen-bond acceptors (Lipinski definition) is 5. The third-order valence-corrected chi connectivity index (χ3v) is 6.86. The minimum atomic E-state index is -0.478. The Morgan fingerprint density at radius 3 is 2.74 bits per heavy atom. The molecule has 1 unspecified atom stereocenters. The van der Waals surface area contributed by atoms with E-state index in [1.165, 1.54) is 12.8 Å². The van der Waals surface area contributed by atoms with E-state index in [1.807, 2.05) is 44.4 Å². The third kappa shape index (κ3) is 5.03. The van der Waals surface area contributed by atoms with Crippen molar-refractivity contribution in [3.63, 3.8) is 0 Å². The lowest BCUT2D eigenvalue weighted by atomic mass is 9.82. The number of methoxy groups -OCH3 is 1. The quantitative estimate of drug-likeness (QED) is 0.419. The first-order valence-electron chi connectivity index (χ1n) is 12.4. The van der Waals surface area contributed by atoms with Crippen LogP contribution in [0.4, 0.5) is 10.5 Å². The SMILES string of the molecule is CCCC(C)OC(=O)Nc1ccc(-c2nc(C3CCC(C)CC3)n3ccnc(C)c23)cc1OC. The summed E-state index contributed by atoms with van der Waals surface area (Å²) in [5.74, 6) is 2.90. The summed E-state index contributed by atoms with van der Waals surface area (Å²) >= 11 is 0. The molecule has 1 amide bonds. The van der Waals surface area contributed by atoms with Crippen molar-refractivity contribution >= 4 is 17.3 Å². The van der Waals surface area contributed by atoms with Gasteiger partial charge in [0, 0.05) is 23.9 Å². The second kappa shape index (κ2) is 10.5. The maximum Gasteiger partial charge on any atom is 0.412 e. The number of carbonyl (C=O) groups excluding carboxylic acids is 1. The van der Waals surface area contributed by atoms with Gasteiger partial charge in [0.05, 0.1) is 29.7 Å². The fraction of sp³-hybridized carbons (Fsp3) is 0.519.